The van der Waals surface area contributed by atoms with Crippen molar-refractivity contribution in [3.63, 3.8) is 0 Å². The Morgan fingerprint density at radius 2 is 1.85 bits per heavy atom. The van der Waals surface area contributed by atoms with Gasteiger partial charge in [0.15, 0.2) is 17.1 Å². The molecule has 0 radical (unpaired) electrons. The second-order valence-corrected chi connectivity index (χ2v) is 10.2. The maximum absolute atomic E-state index is 13.3. The zero-order valence-electron chi connectivity index (χ0n) is 21.2. The summed E-state index contributed by atoms with van der Waals surface area (Å²) in [6.07, 6.45) is -0.488. The molecule has 202 valence electrons. The summed E-state index contributed by atoms with van der Waals surface area (Å²) in [5.41, 5.74) is 2.38. The number of aromatic nitrogens is 3. The molecular weight excluding hydrogens is 541 g/mol. The molecule has 4 aromatic rings. The van der Waals surface area contributed by atoms with Crippen LogP contribution < -0.4 is 15.0 Å². The third-order valence-corrected chi connectivity index (χ3v) is 7.31. The van der Waals surface area contributed by atoms with Gasteiger partial charge in [-0.3, -0.25) is 9.36 Å². The average molecular weight is 568 g/mol. The molecule has 1 fully saturated rings. The number of benzene rings is 3. The lowest BCUT2D eigenvalue weighted by molar-refractivity contribution is -0.113. The average Bonchev–Trinajstić information content (AvgIpc) is 3.38. The molecule has 0 spiro atoms. The number of carbonyl (C=O) groups is 1. The SMILES string of the molecule is CC(Oc1ccc(F)cc1)c1nnc(SCC(=O)Nc2ccc(N3CCOCC3)c(Cl)c2)n1-c1ccccc1. The second-order valence-electron chi connectivity index (χ2n) is 8.83. The molecule has 0 saturated carbocycles. The van der Waals surface area contributed by atoms with Gasteiger partial charge in [-0.2, -0.15) is 0 Å². The summed E-state index contributed by atoms with van der Waals surface area (Å²) in [7, 11) is 0. The Morgan fingerprint density at radius 1 is 1.10 bits per heavy atom. The van der Waals surface area contributed by atoms with E-state index in [2.05, 4.69) is 20.4 Å². The number of anilines is 2. The van der Waals surface area contributed by atoms with Crippen LogP contribution in [-0.4, -0.2) is 52.7 Å². The molecule has 3 aromatic carbocycles. The fourth-order valence-electron chi connectivity index (χ4n) is 4.20. The highest BCUT2D eigenvalue weighted by Gasteiger charge is 2.22. The molecule has 1 unspecified atom stereocenters. The Balaban J connectivity index is 1.28. The normalized spacial score (nSPS) is 14.2. The van der Waals surface area contributed by atoms with Crippen LogP contribution >= 0.6 is 23.4 Å². The van der Waals surface area contributed by atoms with E-state index in [9.17, 15) is 9.18 Å². The van der Waals surface area contributed by atoms with E-state index in [0.29, 0.717) is 40.7 Å². The summed E-state index contributed by atoms with van der Waals surface area (Å²) in [5.74, 6) is 0.642. The van der Waals surface area contributed by atoms with Gasteiger partial charge in [0.1, 0.15) is 11.6 Å². The van der Waals surface area contributed by atoms with Crippen LogP contribution in [-0.2, 0) is 9.53 Å². The number of morpholine rings is 1. The maximum Gasteiger partial charge on any atom is 0.234 e. The van der Waals surface area contributed by atoms with E-state index in [4.69, 9.17) is 21.1 Å². The molecule has 1 atom stereocenters. The van der Waals surface area contributed by atoms with E-state index < -0.39 is 6.10 Å². The number of ether oxygens (including phenoxy) is 2. The first kappa shape index (κ1) is 27.0. The molecule has 1 N–H and O–H groups in total. The smallest absolute Gasteiger partial charge is 0.234 e. The number of para-hydroxylation sites is 1. The van der Waals surface area contributed by atoms with Crippen molar-refractivity contribution in [2.24, 2.45) is 0 Å². The summed E-state index contributed by atoms with van der Waals surface area (Å²) >= 11 is 7.78. The number of carbonyl (C=O) groups excluding carboxylic acids is 1. The molecule has 0 bridgehead atoms. The summed E-state index contributed by atoms with van der Waals surface area (Å²) in [6, 6.07) is 20.9. The van der Waals surface area contributed by atoms with Crippen molar-refractivity contribution >= 4 is 40.6 Å². The van der Waals surface area contributed by atoms with E-state index in [-0.39, 0.29) is 17.5 Å². The van der Waals surface area contributed by atoms with Gasteiger partial charge in [-0.05, 0) is 61.5 Å². The van der Waals surface area contributed by atoms with Crippen LogP contribution in [0.2, 0.25) is 5.02 Å². The topological polar surface area (TPSA) is 81.5 Å². The van der Waals surface area contributed by atoms with Crippen molar-refractivity contribution in [2.45, 2.75) is 18.2 Å². The van der Waals surface area contributed by atoms with Crippen molar-refractivity contribution in [1.29, 1.82) is 0 Å². The molecule has 8 nitrogen and oxygen atoms in total. The minimum absolute atomic E-state index is 0.112. The van der Waals surface area contributed by atoms with Crippen molar-refractivity contribution in [2.75, 3.05) is 42.3 Å². The fourth-order valence-corrected chi connectivity index (χ4v) is 5.26. The van der Waals surface area contributed by atoms with Crippen LogP contribution in [0.3, 0.4) is 0 Å². The van der Waals surface area contributed by atoms with Crippen molar-refractivity contribution in [3.8, 4) is 11.4 Å². The summed E-state index contributed by atoms with van der Waals surface area (Å²) in [4.78, 5) is 15.0. The number of hydrogen-bond donors (Lipinski definition) is 1. The van der Waals surface area contributed by atoms with Crippen LogP contribution in [0.4, 0.5) is 15.8 Å². The quantitative estimate of drug-likeness (QED) is 0.257. The highest BCUT2D eigenvalue weighted by molar-refractivity contribution is 7.99. The molecule has 1 amide bonds. The van der Waals surface area contributed by atoms with Crippen molar-refractivity contribution in [1.82, 2.24) is 14.8 Å². The Labute approximate surface area is 235 Å². The third-order valence-electron chi connectivity index (χ3n) is 6.08. The molecule has 1 aliphatic heterocycles. The number of thioether (sulfide) groups is 1. The number of nitrogens with one attached hydrogen (secondary N) is 1. The Hall–Kier alpha value is -3.60. The first-order chi connectivity index (χ1) is 19.0. The van der Waals surface area contributed by atoms with Gasteiger partial charge in [0.05, 0.1) is 29.7 Å². The lowest BCUT2D eigenvalue weighted by Gasteiger charge is -2.29. The van der Waals surface area contributed by atoms with Gasteiger partial charge < -0.3 is 19.7 Å². The maximum atomic E-state index is 13.3. The molecule has 39 heavy (non-hydrogen) atoms. The number of halogens is 2. The van der Waals surface area contributed by atoms with Crippen molar-refractivity contribution < 1.29 is 18.7 Å². The number of amides is 1. The summed E-state index contributed by atoms with van der Waals surface area (Å²) < 4.78 is 26.6. The Kier molecular flexibility index (Phi) is 8.65. The highest BCUT2D eigenvalue weighted by Crippen LogP contribution is 2.31. The minimum Gasteiger partial charge on any atom is -0.483 e. The largest absolute Gasteiger partial charge is 0.483 e. The van der Waals surface area contributed by atoms with E-state index in [1.54, 1.807) is 18.2 Å². The molecular formula is C28H27ClFN5O3S. The van der Waals surface area contributed by atoms with Gasteiger partial charge in [0, 0.05) is 24.5 Å². The van der Waals surface area contributed by atoms with E-state index in [1.807, 2.05) is 54.0 Å². The molecule has 0 aliphatic carbocycles. The van der Waals surface area contributed by atoms with Crippen LogP contribution in [0, 0.1) is 5.82 Å². The molecule has 5 rings (SSSR count). The van der Waals surface area contributed by atoms with Gasteiger partial charge in [-0.25, -0.2) is 4.39 Å². The van der Waals surface area contributed by atoms with Gasteiger partial charge in [0.25, 0.3) is 0 Å². The first-order valence-corrected chi connectivity index (χ1v) is 13.8. The predicted molar refractivity (Wildman–Crippen MR) is 151 cm³/mol. The molecule has 1 aromatic heterocycles. The standard InChI is InChI=1S/C28H27ClFN5O3S/c1-19(38-23-10-7-20(30)8-11-23)27-32-33-28(35(27)22-5-3-2-4-6-22)39-18-26(36)31-21-9-12-25(24(29)17-21)34-13-15-37-16-14-34/h2-12,17,19H,13-16,18H2,1H3,(H,31,36). The zero-order valence-corrected chi connectivity index (χ0v) is 22.8. The molecule has 1 aliphatic rings. The Bertz CT molecular complexity index is 1410. The van der Waals surface area contributed by atoms with Gasteiger partial charge in [-0.1, -0.05) is 41.6 Å². The van der Waals surface area contributed by atoms with Crippen LogP contribution in [0.5, 0.6) is 5.75 Å². The van der Waals surface area contributed by atoms with Crippen LogP contribution in [0.15, 0.2) is 78.0 Å². The summed E-state index contributed by atoms with van der Waals surface area (Å²) in [6.45, 7) is 4.73. The highest BCUT2D eigenvalue weighted by atomic mass is 35.5. The number of nitrogens with zero attached hydrogens (tertiary/aromatic N) is 4. The van der Waals surface area contributed by atoms with E-state index >= 15 is 0 Å². The van der Waals surface area contributed by atoms with Crippen LogP contribution in [0.25, 0.3) is 5.69 Å². The second kappa shape index (κ2) is 12.5. The van der Waals surface area contributed by atoms with Gasteiger partial charge >= 0.3 is 0 Å². The molecule has 1 saturated heterocycles. The minimum atomic E-state index is -0.488. The summed E-state index contributed by atoms with van der Waals surface area (Å²) in [5, 5.41) is 12.7. The molecule has 2 heterocycles. The zero-order chi connectivity index (χ0) is 27.2. The Morgan fingerprint density at radius 3 is 2.56 bits per heavy atom. The third kappa shape index (κ3) is 6.70. The first-order valence-electron chi connectivity index (χ1n) is 12.5. The lowest BCUT2D eigenvalue weighted by Crippen LogP contribution is -2.36. The number of hydrogen-bond acceptors (Lipinski definition) is 7. The lowest BCUT2D eigenvalue weighted by atomic mass is 10.2. The molecule has 11 heteroatoms. The fraction of sp³-hybridized carbons (Fsp3) is 0.250. The predicted octanol–water partition coefficient (Wildman–Crippen LogP) is 5.77. The number of rotatable bonds is 9. The van der Waals surface area contributed by atoms with E-state index in [1.165, 1.54) is 23.9 Å². The van der Waals surface area contributed by atoms with E-state index in [0.717, 1.165) is 24.5 Å². The monoisotopic (exact) mass is 567 g/mol. The van der Waals surface area contributed by atoms with Gasteiger partial charge in [0.2, 0.25) is 5.91 Å². The van der Waals surface area contributed by atoms with Gasteiger partial charge in [-0.15, -0.1) is 10.2 Å². The van der Waals surface area contributed by atoms with Crippen molar-refractivity contribution in [3.05, 3.63) is 89.5 Å². The van der Waals surface area contributed by atoms with Crippen LogP contribution in [0.1, 0.15) is 18.9 Å².